The largest absolute Gasteiger partial charge is 0.187 e. The van der Waals surface area contributed by atoms with E-state index in [1.54, 1.807) is 0 Å². The van der Waals surface area contributed by atoms with Gasteiger partial charge in [0.25, 0.3) is 0 Å². The molecule has 0 bridgehead atoms. The summed E-state index contributed by atoms with van der Waals surface area (Å²) in [5, 5.41) is 0. The molecule has 1 rings (SSSR count). The van der Waals surface area contributed by atoms with E-state index in [0.29, 0.717) is 0 Å². The van der Waals surface area contributed by atoms with Crippen molar-refractivity contribution in [1.82, 2.24) is 0 Å². The van der Waals surface area contributed by atoms with Crippen LogP contribution in [0.3, 0.4) is 0 Å². The Morgan fingerprint density at radius 1 is 1.40 bits per heavy atom. The van der Waals surface area contributed by atoms with E-state index in [1.807, 2.05) is 0 Å². The van der Waals surface area contributed by atoms with Crippen molar-refractivity contribution in [3.8, 4) is 0 Å². The molecule has 0 N–H and O–H groups in total. The quantitative estimate of drug-likeness (QED) is 0.540. The minimum absolute atomic E-state index is 0. The topological polar surface area (TPSA) is 0 Å². The van der Waals surface area contributed by atoms with E-state index in [1.165, 1.54) is 11.5 Å². The Morgan fingerprint density at radius 3 is 2.20 bits per heavy atom. The first kappa shape index (κ1) is 13.3. The fourth-order valence-corrected chi connectivity index (χ4v) is 0.818. The van der Waals surface area contributed by atoms with Gasteiger partial charge in [0.05, 0.1) is 0 Å². The van der Waals surface area contributed by atoms with Crippen LogP contribution >= 0.6 is 0 Å². The van der Waals surface area contributed by atoms with Gasteiger partial charge in [-0.05, 0) is 12.3 Å². The molecule has 0 saturated carbocycles. The molecule has 10 heavy (non-hydrogen) atoms. The molecule has 1 aliphatic rings. The van der Waals surface area contributed by atoms with E-state index in [0.717, 1.165) is 6.42 Å². The van der Waals surface area contributed by atoms with Crippen molar-refractivity contribution in [3.63, 3.8) is 0 Å². The standard InChI is InChI=1S/C8H11.Al.Ti.3H/c1-7(2)8-5-3-4-6-8;;;;;/h3-5H,6H2,1-2H3;;;;;. The Hall–Kier alpha value is 0.727. The van der Waals surface area contributed by atoms with Crippen LogP contribution in [-0.4, -0.2) is 17.4 Å². The Morgan fingerprint density at radius 2 is 2.00 bits per heavy atom. The third-order valence-corrected chi connectivity index (χ3v) is 1.41. The molecule has 0 spiro atoms. The molecule has 2 heteroatoms. The first-order chi connectivity index (χ1) is 3.80. The van der Waals surface area contributed by atoms with Gasteiger partial charge in [0.1, 0.15) is 0 Å². The maximum Gasteiger partial charge on any atom is 0.187 e. The molecule has 0 aliphatic heterocycles. The Labute approximate surface area is 88.8 Å². The Bertz CT molecular complexity index is 136. The predicted octanol–water partition coefficient (Wildman–Crippen LogP) is 1.30. The van der Waals surface area contributed by atoms with Gasteiger partial charge in [-0.2, -0.15) is 0 Å². The van der Waals surface area contributed by atoms with E-state index >= 15 is 0 Å². The summed E-state index contributed by atoms with van der Waals surface area (Å²) < 4.78 is 0. The summed E-state index contributed by atoms with van der Waals surface area (Å²) in [7, 11) is 0. The van der Waals surface area contributed by atoms with Crippen LogP contribution < -0.4 is 0 Å². The summed E-state index contributed by atoms with van der Waals surface area (Å²) in [5.41, 5.74) is 1.48. The van der Waals surface area contributed by atoms with Crippen LogP contribution in [0.4, 0.5) is 0 Å². The van der Waals surface area contributed by atoms with Crippen LogP contribution in [0, 0.1) is 5.92 Å². The Kier molecular flexibility index (Phi) is 8.58. The monoisotopic (exact) mass is 185 g/mol. The second kappa shape index (κ2) is 6.44. The number of hydrogen-bond donors (Lipinski definition) is 0. The first-order valence-electron chi connectivity index (χ1n) is 2.97. The molecular formula is C8H14AlTi. The second-order valence-corrected chi connectivity index (χ2v) is 2.32. The molecule has 0 unspecified atom stereocenters. The first-order valence-corrected chi connectivity index (χ1v) is 2.97. The fourth-order valence-electron chi connectivity index (χ4n) is 0.818. The number of hydrogen-bond acceptors (Lipinski definition) is 0. The average Bonchev–Trinajstić information content (AvgIpc) is 2.12. The summed E-state index contributed by atoms with van der Waals surface area (Å²) in [6.07, 6.45) is 7.61. The van der Waals surface area contributed by atoms with Crippen LogP contribution in [0.5, 0.6) is 0 Å². The molecule has 53 valence electrons. The van der Waals surface area contributed by atoms with Crippen molar-refractivity contribution >= 4 is 17.4 Å². The van der Waals surface area contributed by atoms with Gasteiger partial charge in [0, 0.05) is 21.7 Å². The van der Waals surface area contributed by atoms with Crippen molar-refractivity contribution in [3.05, 3.63) is 29.7 Å². The normalized spacial score (nSPS) is 14.1. The van der Waals surface area contributed by atoms with E-state index in [9.17, 15) is 0 Å². The van der Waals surface area contributed by atoms with Gasteiger partial charge in [-0.25, -0.2) is 0 Å². The molecule has 0 saturated heterocycles. The van der Waals surface area contributed by atoms with E-state index in [4.69, 9.17) is 0 Å². The molecule has 0 heterocycles. The third kappa shape index (κ3) is 3.79. The third-order valence-electron chi connectivity index (χ3n) is 1.41. The molecule has 0 aromatic rings. The molecule has 0 nitrogen and oxygen atoms in total. The number of allylic oxidation sites excluding steroid dienone is 4. The van der Waals surface area contributed by atoms with Crippen molar-refractivity contribution in [1.29, 1.82) is 0 Å². The average molecular weight is 185 g/mol. The van der Waals surface area contributed by atoms with Gasteiger partial charge < -0.3 is 0 Å². The molecule has 1 aliphatic carbocycles. The molecule has 0 fully saturated rings. The fraction of sp³-hybridized carbons (Fsp3) is 0.375. The molecule has 0 amide bonds. The Balaban J connectivity index is 0. The number of rotatable bonds is 1. The maximum atomic E-state index is 2.18. The van der Waals surface area contributed by atoms with Gasteiger partial charge >= 0.3 is 0 Å². The minimum Gasteiger partial charge on any atom is -0.0804 e. The van der Waals surface area contributed by atoms with Gasteiger partial charge in [0.15, 0.2) is 17.4 Å². The SMILES string of the molecule is C[C](C)C1=CC=CC1.[AlH3].[Ti]. The summed E-state index contributed by atoms with van der Waals surface area (Å²) in [5.74, 6) is 1.44. The van der Waals surface area contributed by atoms with Gasteiger partial charge in [-0.15, -0.1) is 0 Å². The molecule has 1 radical (unpaired) electrons. The zero-order chi connectivity index (χ0) is 5.98. The van der Waals surface area contributed by atoms with Crippen LogP contribution in [-0.2, 0) is 21.7 Å². The molecule has 0 atom stereocenters. The zero-order valence-electron chi connectivity index (χ0n) is 5.94. The summed E-state index contributed by atoms with van der Waals surface area (Å²) in [4.78, 5) is 0. The summed E-state index contributed by atoms with van der Waals surface area (Å²) in [6, 6.07) is 0. The van der Waals surface area contributed by atoms with Crippen LogP contribution in [0.1, 0.15) is 20.3 Å². The smallest absolute Gasteiger partial charge is 0.0804 e. The van der Waals surface area contributed by atoms with Crippen molar-refractivity contribution in [2.75, 3.05) is 0 Å². The predicted molar refractivity (Wildman–Crippen MR) is 46.4 cm³/mol. The van der Waals surface area contributed by atoms with Crippen molar-refractivity contribution in [2.45, 2.75) is 20.3 Å². The van der Waals surface area contributed by atoms with E-state index in [2.05, 4.69) is 32.1 Å². The minimum atomic E-state index is 0. The molecule has 0 aromatic carbocycles. The van der Waals surface area contributed by atoms with Gasteiger partial charge in [0.2, 0.25) is 0 Å². The van der Waals surface area contributed by atoms with Gasteiger partial charge in [-0.3, -0.25) is 0 Å². The van der Waals surface area contributed by atoms with E-state index < -0.39 is 0 Å². The summed E-state index contributed by atoms with van der Waals surface area (Å²) >= 11 is 0. The van der Waals surface area contributed by atoms with Crippen LogP contribution in [0.25, 0.3) is 0 Å². The maximum absolute atomic E-state index is 2.18. The van der Waals surface area contributed by atoms with Crippen molar-refractivity contribution in [2.24, 2.45) is 0 Å². The summed E-state index contributed by atoms with van der Waals surface area (Å²) in [6.45, 7) is 4.30. The molecule has 0 aromatic heterocycles. The van der Waals surface area contributed by atoms with Gasteiger partial charge in [-0.1, -0.05) is 37.6 Å². The van der Waals surface area contributed by atoms with Crippen LogP contribution in [0.15, 0.2) is 23.8 Å². The van der Waals surface area contributed by atoms with Crippen molar-refractivity contribution < 1.29 is 21.7 Å². The van der Waals surface area contributed by atoms with Crippen LogP contribution in [0.2, 0.25) is 0 Å². The zero-order valence-corrected chi connectivity index (χ0v) is 7.50. The molecular weight excluding hydrogens is 171 g/mol. The second-order valence-electron chi connectivity index (χ2n) is 2.32. The van der Waals surface area contributed by atoms with E-state index in [-0.39, 0.29) is 39.1 Å².